The summed E-state index contributed by atoms with van der Waals surface area (Å²) in [7, 11) is 0. The van der Waals surface area contributed by atoms with Crippen molar-refractivity contribution in [2.45, 2.75) is 24.4 Å². The number of nitrogens with one attached hydrogen (secondary N) is 1. The molecule has 2 aliphatic heterocycles. The van der Waals surface area contributed by atoms with Gasteiger partial charge >= 0.3 is 6.18 Å². The Morgan fingerprint density at radius 1 is 0.958 bits per heavy atom. The number of ether oxygens (including phenoxy) is 2. The molecule has 2 aromatic rings. The van der Waals surface area contributed by atoms with Gasteiger partial charge in [0.2, 0.25) is 0 Å². The Morgan fingerprint density at radius 3 is 2.46 bits per heavy atom. The zero-order chi connectivity index (χ0) is 16.7. The van der Waals surface area contributed by atoms with Gasteiger partial charge in [0, 0.05) is 11.3 Å². The molecule has 126 valence electrons. The fourth-order valence-electron chi connectivity index (χ4n) is 3.37. The third kappa shape index (κ3) is 2.65. The summed E-state index contributed by atoms with van der Waals surface area (Å²) >= 11 is 0. The fourth-order valence-corrected chi connectivity index (χ4v) is 3.37. The van der Waals surface area contributed by atoms with Gasteiger partial charge in [-0.25, -0.2) is 0 Å². The first-order valence-electron chi connectivity index (χ1n) is 7.80. The number of hydrogen-bond donors (Lipinski definition) is 1. The lowest BCUT2D eigenvalue weighted by Crippen LogP contribution is -2.43. The van der Waals surface area contributed by atoms with E-state index in [1.54, 1.807) is 0 Å². The summed E-state index contributed by atoms with van der Waals surface area (Å²) in [5, 5.41) is 3.32. The Morgan fingerprint density at radius 2 is 1.71 bits per heavy atom. The molecule has 4 rings (SSSR count). The van der Waals surface area contributed by atoms with Crippen molar-refractivity contribution in [3.8, 4) is 0 Å². The molecule has 0 bridgehead atoms. The molecule has 0 aliphatic carbocycles. The van der Waals surface area contributed by atoms with Gasteiger partial charge in [-0.05, 0) is 23.8 Å². The summed E-state index contributed by atoms with van der Waals surface area (Å²) in [6.07, 6.45) is -5.25. The molecule has 3 nitrogen and oxygen atoms in total. The van der Waals surface area contributed by atoms with Gasteiger partial charge in [-0.3, -0.25) is 0 Å². The van der Waals surface area contributed by atoms with Gasteiger partial charge in [-0.15, -0.1) is 0 Å². The largest absolute Gasteiger partial charge is 0.416 e. The van der Waals surface area contributed by atoms with Crippen LogP contribution in [0.4, 0.5) is 18.9 Å². The molecule has 2 aromatic carbocycles. The lowest BCUT2D eigenvalue weighted by atomic mass is 9.87. The Hall–Kier alpha value is -2.05. The van der Waals surface area contributed by atoms with E-state index in [9.17, 15) is 13.2 Å². The minimum atomic E-state index is -4.38. The topological polar surface area (TPSA) is 30.5 Å². The zero-order valence-electron chi connectivity index (χ0n) is 12.7. The van der Waals surface area contributed by atoms with Crippen molar-refractivity contribution in [2.75, 3.05) is 18.5 Å². The number of hydrogen-bond acceptors (Lipinski definition) is 3. The minimum absolute atomic E-state index is 0.166. The number of benzene rings is 2. The van der Waals surface area contributed by atoms with Crippen molar-refractivity contribution >= 4 is 5.69 Å². The second-order valence-corrected chi connectivity index (χ2v) is 5.96. The predicted octanol–water partition coefficient (Wildman–Crippen LogP) is 4.33. The molecule has 0 amide bonds. The fraction of sp³-hybridized carbons (Fsp3) is 0.333. The average molecular weight is 335 g/mol. The van der Waals surface area contributed by atoms with E-state index in [4.69, 9.17) is 9.47 Å². The van der Waals surface area contributed by atoms with Gasteiger partial charge in [0.05, 0.1) is 24.8 Å². The number of alkyl halides is 3. The molecule has 6 heteroatoms. The molecule has 24 heavy (non-hydrogen) atoms. The highest BCUT2D eigenvalue weighted by atomic mass is 19.4. The maximum atomic E-state index is 13.0. The lowest BCUT2D eigenvalue weighted by Gasteiger charge is -2.43. The maximum Gasteiger partial charge on any atom is 0.416 e. The molecule has 2 heterocycles. The van der Waals surface area contributed by atoms with Gasteiger partial charge in [0.1, 0.15) is 12.2 Å². The summed E-state index contributed by atoms with van der Waals surface area (Å²) in [4.78, 5) is 0. The quantitative estimate of drug-likeness (QED) is 0.841. The summed E-state index contributed by atoms with van der Waals surface area (Å²) in [5.41, 5.74) is 1.50. The normalized spacial score (nSPS) is 26.2. The van der Waals surface area contributed by atoms with Crippen LogP contribution in [0.3, 0.4) is 0 Å². The van der Waals surface area contributed by atoms with E-state index < -0.39 is 17.8 Å². The first-order valence-corrected chi connectivity index (χ1v) is 7.80. The van der Waals surface area contributed by atoms with Crippen LogP contribution in [0.5, 0.6) is 0 Å². The van der Waals surface area contributed by atoms with E-state index >= 15 is 0 Å². The highest BCUT2D eigenvalue weighted by Crippen LogP contribution is 2.45. The monoisotopic (exact) mass is 335 g/mol. The Labute approximate surface area is 137 Å². The second-order valence-electron chi connectivity index (χ2n) is 5.96. The van der Waals surface area contributed by atoms with Crippen molar-refractivity contribution in [2.24, 2.45) is 0 Å². The molecular weight excluding hydrogens is 319 g/mol. The van der Waals surface area contributed by atoms with Crippen LogP contribution in [-0.2, 0) is 15.7 Å². The molecule has 1 N–H and O–H groups in total. The molecule has 1 fully saturated rings. The van der Waals surface area contributed by atoms with Gasteiger partial charge < -0.3 is 14.8 Å². The Kier molecular flexibility index (Phi) is 3.73. The second kappa shape index (κ2) is 5.79. The van der Waals surface area contributed by atoms with Crippen molar-refractivity contribution in [3.63, 3.8) is 0 Å². The van der Waals surface area contributed by atoms with Gasteiger partial charge in [-0.1, -0.05) is 30.3 Å². The molecule has 2 unspecified atom stereocenters. The summed E-state index contributed by atoms with van der Waals surface area (Å²) in [6.45, 7) is 0.804. The molecular formula is C18H16F3NO2. The molecule has 2 aliphatic rings. The maximum absolute atomic E-state index is 13.0. The first-order chi connectivity index (χ1) is 11.5. The smallest absolute Gasteiger partial charge is 0.375 e. The van der Waals surface area contributed by atoms with E-state index in [1.165, 1.54) is 6.07 Å². The van der Waals surface area contributed by atoms with Crippen LogP contribution in [0.1, 0.15) is 28.8 Å². The lowest BCUT2D eigenvalue weighted by molar-refractivity contribution is -0.152. The summed E-state index contributed by atoms with van der Waals surface area (Å²) < 4.78 is 50.8. The minimum Gasteiger partial charge on any atom is -0.375 e. The number of halogens is 3. The van der Waals surface area contributed by atoms with Crippen molar-refractivity contribution in [1.29, 1.82) is 0 Å². The van der Waals surface area contributed by atoms with Crippen LogP contribution >= 0.6 is 0 Å². The van der Waals surface area contributed by atoms with Gasteiger partial charge in [-0.2, -0.15) is 13.2 Å². The first kappa shape index (κ1) is 15.5. The average Bonchev–Trinajstić information content (AvgIpc) is 2.60. The standard InChI is InChI=1S/C18H16F3NO2/c19-18(20,21)12-6-7-14-13(10-12)16-17(24-9-8-23-16)15(22-14)11-4-2-1-3-5-11/h1-7,10,15-17,22H,8-9H2/t15-,16?,17?/m0/s1. The summed E-state index contributed by atoms with van der Waals surface area (Å²) in [6, 6.07) is 13.3. The molecule has 0 radical (unpaired) electrons. The molecule has 1 saturated heterocycles. The Bertz CT molecular complexity index is 733. The molecule has 0 saturated carbocycles. The van der Waals surface area contributed by atoms with Crippen LogP contribution in [0.15, 0.2) is 48.5 Å². The van der Waals surface area contributed by atoms with E-state index in [2.05, 4.69) is 5.32 Å². The SMILES string of the molecule is FC(F)(F)c1ccc2c(c1)C1OCCOC1[C@H](c1ccccc1)N2. The van der Waals surface area contributed by atoms with Crippen molar-refractivity contribution < 1.29 is 22.6 Å². The molecule has 0 aromatic heterocycles. The number of anilines is 1. The van der Waals surface area contributed by atoms with E-state index in [0.717, 1.165) is 17.7 Å². The van der Waals surface area contributed by atoms with Gasteiger partial charge in [0.25, 0.3) is 0 Å². The van der Waals surface area contributed by atoms with E-state index in [-0.39, 0.29) is 12.1 Å². The van der Waals surface area contributed by atoms with Crippen LogP contribution in [0.25, 0.3) is 0 Å². The third-order valence-electron chi connectivity index (χ3n) is 4.47. The highest BCUT2D eigenvalue weighted by Gasteiger charge is 2.42. The van der Waals surface area contributed by atoms with E-state index in [1.807, 2.05) is 30.3 Å². The number of rotatable bonds is 1. The van der Waals surface area contributed by atoms with Crippen molar-refractivity contribution in [3.05, 3.63) is 65.2 Å². The van der Waals surface area contributed by atoms with Crippen LogP contribution < -0.4 is 5.32 Å². The van der Waals surface area contributed by atoms with Crippen molar-refractivity contribution in [1.82, 2.24) is 0 Å². The Balaban J connectivity index is 1.77. The van der Waals surface area contributed by atoms with E-state index in [0.29, 0.717) is 24.5 Å². The predicted molar refractivity (Wildman–Crippen MR) is 82.7 cm³/mol. The summed E-state index contributed by atoms with van der Waals surface area (Å²) in [5.74, 6) is 0. The zero-order valence-corrected chi connectivity index (χ0v) is 12.7. The number of fused-ring (bicyclic) bond motifs is 3. The van der Waals surface area contributed by atoms with Crippen LogP contribution in [0.2, 0.25) is 0 Å². The van der Waals surface area contributed by atoms with Gasteiger partial charge in [0.15, 0.2) is 0 Å². The van der Waals surface area contributed by atoms with Crippen LogP contribution in [-0.4, -0.2) is 19.3 Å². The highest BCUT2D eigenvalue weighted by molar-refractivity contribution is 5.59. The van der Waals surface area contributed by atoms with Crippen LogP contribution in [0, 0.1) is 0 Å². The molecule has 3 atom stereocenters. The molecule has 0 spiro atoms. The third-order valence-corrected chi connectivity index (χ3v) is 4.47.